The fourth-order valence-corrected chi connectivity index (χ4v) is 5.18. The molecule has 6 heteroatoms. The number of hydrogen-bond donors (Lipinski definition) is 2. The number of aromatic amines is 1. The predicted octanol–water partition coefficient (Wildman–Crippen LogP) is 0.100. The second kappa shape index (κ2) is 5.41. The van der Waals surface area contributed by atoms with Crippen molar-refractivity contribution in [1.29, 1.82) is 0 Å². The third-order valence-electron chi connectivity index (χ3n) is 6.40. The van der Waals surface area contributed by atoms with Crippen molar-refractivity contribution < 1.29 is 14.8 Å². The van der Waals surface area contributed by atoms with Crippen molar-refractivity contribution in [2.24, 2.45) is 5.92 Å². The van der Waals surface area contributed by atoms with Gasteiger partial charge in [-0.2, -0.15) is 5.06 Å². The molecular weight excluding hydrogens is 330 g/mol. The van der Waals surface area contributed by atoms with Gasteiger partial charge in [0, 0.05) is 47.4 Å². The molecular formula is C20H23N3O3. The highest BCUT2D eigenvalue weighted by Crippen LogP contribution is 2.35. The molecule has 0 aromatic carbocycles. The average Bonchev–Trinajstić information content (AvgIpc) is 3.01. The summed E-state index contributed by atoms with van der Waals surface area (Å²) in [7, 11) is 0. The largest absolute Gasteiger partial charge is 0.361 e. The van der Waals surface area contributed by atoms with E-state index in [0.717, 1.165) is 28.1 Å². The van der Waals surface area contributed by atoms with Gasteiger partial charge in [-0.1, -0.05) is 12.2 Å². The van der Waals surface area contributed by atoms with E-state index in [0.29, 0.717) is 18.4 Å². The third-order valence-corrected chi connectivity index (χ3v) is 6.40. The van der Waals surface area contributed by atoms with E-state index in [2.05, 4.69) is 18.8 Å². The van der Waals surface area contributed by atoms with Gasteiger partial charge < -0.3 is 15.1 Å². The van der Waals surface area contributed by atoms with E-state index < -0.39 is 5.92 Å². The molecule has 26 heavy (non-hydrogen) atoms. The monoisotopic (exact) mass is 353 g/mol. The molecule has 1 amide bonds. The first-order valence-corrected chi connectivity index (χ1v) is 9.39. The number of carbonyl (C=O) groups excluding carboxylic acids is 2. The predicted molar refractivity (Wildman–Crippen MR) is 95.5 cm³/mol. The van der Waals surface area contributed by atoms with Crippen molar-refractivity contribution in [2.45, 2.75) is 51.2 Å². The van der Waals surface area contributed by atoms with Gasteiger partial charge in [0.15, 0.2) is 5.78 Å². The third kappa shape index (κ3) is 2.06. The van der Waals surface area contributed by atoms with E-state index in [1.54, 1.807) is 0 Å². The van der Waals surface area contributed by atoms with Gasteiger partial charge in [-0.25, -0.2) is 0 Å². The number of likely N-dealkylation sites (tertiary alicyclic amines) is 1. The molecule has 0 spiro atoms. The van der Waals surface area contributed by atoms with E-state index in [4.69, 9.17) is 0 Å². The molecule has 136 valence electrons. The topological polar surface area (TPSA) is 76.6 Å². The number of ketones is 1. The van der Waals surface area contributed by atoms with Crippen LogP contribution in [-0.4, -0.2) is 56.5 Å². The Morgan fingerprint density at radius 1 is 1.31 bits per heavy atom. The summed E-state index contributed by atoms with van der Waals surface area (Å²) in [5.41, 5.74) is 2.58. The van der Waals surface area contributed by atoms with Crippen LogP contribution < -0.4 is 10.6 Å². The van der Waals surface area contributed by atoms with E-state index >= 15 is 0 Å². The Morgan fingerprint density at radius 3 is 2.81 bits per heavy atom. The normalized spacial score (nSPS) is 33.0. The van der Waals surface area contributed by atoms with Crippen molar-refractivity contribution >= 4 is 23.3 Å². The lowest BCUT2D eigenvalue weighted by molar-refractivity contribution is -0.158. The summed E-state index contributed by atoms with van der Waals surface area (Å²) in [6.07, 6.45) is 7.84. The lowest BCUT2D eigenvalue weighted by atomic mass is 9.78. The molecule has 2 aliphatic carbocycles. The highest BCUT2D eigenvalue weighted by molar-refractivity contribution is 6.23. The van der Waals surface area contributed by atoms with Crippen molar-refractivity contribution in [1.82, 2.24) is 14.9 Å². The minimum Gasteiger partial charge on any atom is -0.361 e. The van der Waals surface area contributed by atoms with Gasteiger partial charge in [0.05, 0.1) is 12.0 Å². The maximum atomic E-state index is 13.0. The Labute approximate surface area is 151 Å². The summed E-state index contributed by atoms with van der Waals surface area (Å²) in [5, 5.41) is 13.9. The minimum atomic E-state index is -0.411. The second-order valence-electron chi connectivity index (χ2n) is 8.06. The van der Waals surface area contributed by atoms with Crippen LogP contribution in [0.15, 0.2) is 17.8 Å². The lowest BCUT2D eigenvalue weighted by Gasteiger charge is -2.48. The number of nitrogens with zero attached hydrogens (tertiary/aromatic N) is 2. The molecule has 5 rings (SSSR count). The summed E-state index contributed by atoms with van der Waals surface area (Å²) in [6, 6.07) is 0.237. The fraction of sp³-hybridized carbons (Fsp3) is 0.500. The van der Waals surface area contributed by atoms with Gasteiger partial charge in [-0.3, -0.25) is 9.59 Å². The van der Waals surface area contributed by atoms with Gasteiger partial charge in [0.1, 0.15) is 0 Å². The Hall–Kier alpha value is -2.18. The first kappa shape index (κ1) is 16.0. The van der Waals surface area contributed by atoms with Crippen molar-refractivity contribution in [3.05, 3.63) is 34.0 Å². The molecule has 1 saturated heterocycles. The maximum absolute atomic E-state index is 13.0. The highest BCUT2D eigenvalue weighted by Gasteiger charge is 2.43. The Balaban J connectivity index is 1.62. The van der Waals surface area contributed by atoms with Crippen LogP contribution in [0.2, 0.25) is 0 Å². The van der Waals surface area contributed by atoms with Gasteiger partial charge in [-0.05, 0) is 37.8 Å². The zero-order chi connectivity index (χ0) is 18.2. The Morgan fingerprint density at radius 2 is 2.08 bits per heavy atom. The fourth-order valence-electron chi connectivity index (χ4n) is 5.18. The SMILES string of the molecule is C[C@H]1C[C@H](C)N1C(=O)C1C=C2C3=c4c(c[nH]c4=CCC3=O)C[C@H]2N(O)C1. The summed E-state index contributed by atoms with van der Waals surface area (Å²) in [6.45, 7) is 4.40. The number of Topliss-reactive ketones (excluding diaryl/α,β-unsaturated/α-hetero) is 1. The number of fused-ring (bicyclic) bond motifs is 2. The number of carbonyl (C=O) groups is 2. The zero-order valence-corrected chi connectivity index (χ0v) is 15.0. The molecule has 0 radical (unpaired) electrons. The van der Waals surface area contributed by atoms with Gasteiger partial charge in [0.25, 0.3) is 0 Å². The number of amides is 1. The molecule has 0 saturated carbocycles. The molecule has 0 bridgehead atoms. The van der Waals surface area contributed by atoms with Crippen molar-refractivity contribution in [3.8, 4) is 0 Å². The van der Waals surface area contributed by atoms with Crippen LogP contribution in [-0.2, 0) is 16.0 Å². The maximum Gasteiger partial charge on any atom is 0.231 e. The molecule has 1 fully saturated rings. The Kier molecular flexibility index (Phi) is 3.33. The molecule has 2 N–H and O–H groups in total. The highest BCUT2D eigenvalue weighted by atomic mass is 16.5. The molecule has 1 aromatic rings. The van der Waals surface area contributed by atoms with Gasteiger partial charge in [-0.15, -0.1) is 0 Å². The van der Waals surface area contributed by atoms with Crippen molar-refractivity contribution in [2.75, 3.05) is 6.54 Å². The number of aromatic nitrogens is 1. The minimum absolute atomic E-state index is 0.0526. The summed E-state index contributed by atoms with van der Waals surface area (Å²) in [5.74, 6) is -0.287. The molecule has 1 aromatic heterocycles. The average molecular weight is 353 g/mol. The van der Waals surface area contributed by atoms with Crippen LogP contribution in [0, 0.1) is 5.92 Å². The van der Waals surface area contributed by atoms with Gasteiger partial charge >= 0.3 is 0 Å². The molecule has 1 unspecified atom stereocenters. The van der Waals surface area contributed by atoms with Crippen LogP contribution >= 0.6 is 0 Å². The quantitative estimate of drug-likeness (QED) is 0.751. The van der Waals surface area contributed by atoms with Crippen LogP contribution in [0.5, 0.6) is 0 Å². The Bertz CT molecular complexity index is 965. The van der Waals surface area contributed by atoms with Crippen LogP contribution in [0.4, 0.5) is 0 Å². The van der Waals surface area contributed by atoms with Crippen LogP contribution in [0.3, 0.4) is 0 Å². The van der Waals surface area contributed by atoms with E-state index in [1.165, 1.54) is 5.06 Å². The molecule has 4 aliphatic rings. The van der Waals surface area contributed by atoms with Crippen LogP contribution in [0.25, 0.3) is 11.6 Å². The first-order chi connectivity index (χ1) is 12.5. The standard InChI is InChI=1S/C20H23N3O3/c1-10-5-11(2)23(10)20(25)13-6-14-16(22(26)9-13)7-12-8-21-15-3-4-17(24)19(14)18(12)15/h3,6,8,10-11,13,16,21,26H,4-5,7,9H2,1-2H3/t10-,11-,13?,16+/m0/s1. The molecule has 2 aliphatic heterocycles. The second-order valence-corrected chi connectivity index (χ2v) is 8.06. The summed E-state index contributed by atoms with van der Waals surface area (Å²) in [4.78, 5) is 30.9. The first-order valence-electron chi connectivity index (χ1n) is 9.39. The molecule has 4 atom stereocenters. The number of hydroxylamine groups is 2. The van der Waals surface area contributed by atoms with E-state index in [9.17, 15) is 14.8 Å². The van der Waals surface area contributed by atoms with E-state index in [-0.39, 0.29) is 36.4 Å². The van der Waals surface area contributed by atoms with E-state index in [1.807, 2.05) is 23.2 Å². The molecule has 6 nitrogen and oxygen atoms in total. The zero-order valence-electron chi connectivity index (χ0n) is 15.0. The summed E-state index contributed by atoms with van der Waals surface area (Å²) < 4.78 is 0. The van der Waals surface area contributed by atoms with Gasteiger partial charge in [0.2, 0.25) is 5.91 Å². The number of H-pyrrole nitrogens is 1. The smallest absolute Gasteiger partial charge is 0.231 e. The molecule has 3 heterocycles. The van der Waals surface area contributed by atoms with Crippen molar-refractivity contribution in [3.63, 3.8) is 0 Å². The van der Waals surface area contributed by atoms with Crippen LogP contribution in [0.1, 0.15) is 32.3 Å². The number of nitrogens with one attached hydrogen (secondary N) is 1. The number of rotatable bonds is 1. The summed E-state index contributed by atoms with van der Waals surface area (Å²) >= 11 is 0. The lowest BCUT2D eigenvalue weighted by Crippen LogP contribution is -2.59. The number of hydrogen-bond acceptors (Lipinski definition) is 4.